The van der Waals surface area contributed by atoms with E-state index in [1.54, 1.807) is 11.1 Å². The molecule has 3 aliphatic rings. The lowest BCUT2D eigenvalue weighted by Gasteiger charge is -2.52. The first kappa shape index (κ1) is 19.0. The Morgan fingerprint density at radius 2 is 2.00 bits per heavy atom. The summed E-state index contributed by atoms with van der Waals surface area (Å²) >= 11 is 0. The van der Waals surface area contributed by atoms with E-state index in [9.17, 15) is 5.21 Å². The third-order valence-electron chi connectivity index (χ3n) is 8.82. The van der Waals surface area contributed by atoms with Gasteiger partial charge in [-0.15, -0.1) is 0 Å². The Hall–Kier alpha value is -1.31. The topological polar surface area (TPSA) is 32.6 Å². The first-order chi connectivity index (χ1) is 12.9. The predicted molar refractivity (Wildman–Crippen MR) is 112 cm³/mol. The van der Waals surface area contributed by atoms with Gasteiger partial charge in [-0.05, 0) is 85.2 Å². The maximum Gasteiger partial charge on any atom is 0.0632 e. The summed E-state index contributed by atoms with van der Waals surface area (Å²) in [5, 5.41) is 13.4. The van der Waals surface area contributed by atoms with E-state index in [1.807, 2.05) is 0 Å². The van der Waals surface area contributed by atoms with Crippen LogP contribution in [0.1, 0.15) is 89.7 Å². The van der Waals surface area contributed by atoms with Gasteiger partial charge in [0.2, 0.25) is 0 Å². The van der Waals surface area contributed by atoms with Crippen LogP contribution >= 0.6 is 0 Å². The minimum Gasteiger partial charge on any atom is -0.411 e. The Kier molecular flexibility index (Phi) is 4.89. The van der Waals surface area contributed by atoms with Crippen molar-refractivity contribution in [2.24, 2.45) is 33.7 Å². The van der Waals surface area contributed by atoms with E-state index in [4.69, 9.17) is 0 Å². The number of benzene rings is 1. The van der Waals surface area contributed by atoms with E-state index < -0.39 is 0 Å². The van der Waals surface area contributed by atoms with Crippen molar-refractivity contribution in [3.63, 3.8) is 0 Å². The molecule has 0 aliphatic heterocycles. The third-order valence-corrected chi connectivity index (χ3v) is 8.82. The first-order valence-electron chi connectivity index (χ1n) is 11.2. The summed E-state index contributed by atoms with van der Waals surface area (Å²) in [6.45, 7) is 9.58. The summed E-state index contributed by atoms with van der Waals surface area (Å²) in [7, 11) is 0. The highest BCUT2D eigenvalue weighted by Gasteiger charge is 2.56. The van der Waals surface area contributed by atoms with Gasteiger partial charge in [-0.25, -0.2) is 0 Å². The lowest BCUT2D eigenvalue weighted by atomic mass is 9.52. The Morgan fingerprint density at radius 1 is 1.22 bits per heavy atom. The van der Waals surface area contributed by atoms with Crippen molar-refractivity contribution in [1.82, 2.24) is 0 Å². The molecule has 4 rings (SSSR count). The van der Waals surface area contributed by atoms with E-state index in [2.05, 4.69) is 57.1 Å². The Labute approximate surface area is 165 Å². The van der Waals surface area contributed by atoms with Crippen molar-refractivity contribution >= 4 is 5.71 Å². The fourth-order valence-corrected chi connectivity index (χ4v) is 6.72. The lowest BCUT2D eigenvalue weighted by Crippen LogP contribution is -2.46. The molecule has 1 N–H and O–H groups in total. The van der Waals surface area contributed by atoms with Crippen LogP contribution in [0.25, 0.3) is 0 Å². The quantitative estimate of drug-likeness (QED) is 0.460. The molecule has 0 heterocycles. The van der Waals surface area contributed by atoms with E-state index in [-0.39, 0.29) is 5.41 Å². The molecule has 0 radical (unpaired) electrons. The number of oxime groups is 1. The molecule has 0 amide bonds. The summed E-state index contributed by atoms with van der Waals surface area (Å²) in [5.41, 5.74) is 4.89. The zero-order chi connectivity index (χ0) is 19.2. The summed E-state index contributed by atoms with van der Waals surface area (Å²) in [6.07, 6.45) is 9.81. The first-order valence-corrected chi connectivity index (χ1v) is 11.2. The molecule has 0 spiro atoms. The summed E-state index contributed by atoms with van der Waals surface area (Å²) in [5.74, 6) is 2.93. The molecule has 2 saturated carbocycles. The normalized spacial score (nSPS) is 37.0. The van der Waals surface area contributed by atoms with Crippen molar-refractivity contribution in [3.8, 4) is 0 Å². The third kappa shape index (κ3) is 3.13. The van der Waals surface area contributed by atoms with Gasteiger partial charge >= 0.3 is 0 Å². The fraction of sp³-hybridized carbons (Fsp3) is 0.720. The highest BCUT2D eigenvalue weighted by atomic mass is 16.4. The average Bonchev–Trinajstić information content (AvgIpc) is 3.02. The molecule has 2 nitrogen and oxygen atoms in total. The van der Waals surface area contributed by atoms with Crippen LogP contribution in [-0.4, -0.2) is 10.9 Å². The average molecular weight is 368 g/mol. The smallest absolute Gasteiger partial charge is 0.0632 e. The molecule has 148 valence electrons. The molecular formula is C25H37NO. The Morgan fingerprint density at radius 3 is 2.74 bits per heavy atom. The molecule has 3 aliphatic carbocycles. The highest BCUT2D eigenvalue weighted by Crippen LogP contribution is 2.61. The lowest BCUT2D eigenvalue weighted by molar-refractivity contribution is 0.0442. The Bertz CT molecular complexity index is 721. The van der Waals surface area contributed by atoms with Gasteiger partial charge in [-0.3, -0.25) is 0 Å². The summed E-state index contributed by atoms with van der Waals surface area (Å²) < 4.78 is 0. The maximum absolute atomic E-state index is 9.62. The predicted octanol–water partition coefficient (Wildman–Crippen LogP) is 6.82. The van der Waals surface area contributed by atoms with Crippen molar-refractivity contribution in [2.75, 3.05) is 0 Å². The van der Waals surface area contributed by atoms with Gasteiger partial charge in [0.25, 0.3) is 0 Å². The van der Waals surface area contributed by atoms with E-state index in [0.717, 1.165) is 24.0 Å². The molecular weight excluding hydrogens is 330 g/mol. The van der Waals surface area contributed by atoms with E-state index in [1.165, 1.54) is 44.9 Å². The van der Waals surface area contributed by atoms with Crippen LogP contribution in [0.5, 0.6) is 0 Å². The molecule has 27 heavy (non-hydrogen) atoms. The minimum absolute atomic E-state index is 0.126. The molecule has 0 bridgehead atoms. The molecule has 2 fully saturated rings. The number of hydrogen-bond donors (Lipinski definition) is 1. The second kappa shape index (κ2) is 6.94. The number of rotatable bonds is 4. The SMILES string of the molecule is CCC(C)(C)CCC1Cc2ccccc2C2CCC3(C)/C(=N\O)CCC3C12. The van der Waals surface area contributed by atoms with Crippen molar-refractivity contribution < 1.29 is 5.21 Å². The largest absolute Gasteiger partial charge is 0.411 e. The van der Waals surface area contributed by atoms with Gasteiger partial charge in [-0.2, -0.15) is 0 Å². The number of nitrogens with zero attached hydrogens (tertiary/aromatic N) is 1. The van der Waals surface area contributed by atoms with Gasteiger partial charge in [0.15, 0.2) is 0 Å². The van der Waals surface area contributed by atoms with Crippen LogP contribution in [-0.2, 0) is 6.42 Å². The van der Waals surface area contributed by atoms with Gasteiger partial charge in [0.05, 0.1) is 5.71 Å². The molecule has 1 aromatic rings. The van der Waals surface area contributed by atoms with E-state index >= 15 is 0 Å². The molecule has 5 atom stereocenters. The standard InChI is InChI=1S/C25H37NO/c1-5-24(2,3)14-12-18-16-17-8-6-7-9-19(17)20-13-15-25(4)21(23(18)20)10-11-22(25)26-27/h6-9,18,20-21,23,27H,5,10-16H2,1-4H3/b26-22-. The number of fused-ring (bicyclic) bond motifs is 5. The van der Waals surface area contributed by atoms with Crippen molar-refractivity contribution in [2.45, 2.75) is 85.0 Å². The molecule has 5 unspecified atom stereocenters. The zero-order valence-corrected chi connectivity index (χ0v) is 17.7. The van der Waals surface area contributed by atoms with Gasteiger partial charge in [0, 0.05) is 5.41 Å². The van der Waals surface area contributed by atoms with Gasteiger partial charge in [0.1, 0.15) is 0 Å². The highest BCUT2D eigenvalue weighted by molar-refractivity contribution is 5.92. The van der Waals surface area contributed by atoms with Crippen LogP contribution in [0.4, 0.5) is 0 Å². The van der Waals surface area contributed by atoms with Gasteiger partial charge < -0.3 is 5.21 Å². The second-order valence-corrected chi connectivity index (χ2v) is 10.6. The molecule has 2 heteroatoms. The van der Waals surface area contributed by atoms with Crippen LogP contribution in [0, 0.1) is 28.6 Å². The Balaban J connectivity index is 1.69. The van der Waals surface area contributed by atoms with Crippen molar-refractivity contribution in [3.05, 3.63) is 35.4 Å². The van der Waals surface area contributed by atoms with Crippen LogP contribution in [0.2, 0.25) is 0 Å². The van der Waals surface area contributed by atoms with Gasteiger partial charge in [-0.1, -0.05) is 63.5 Å². The monoisotopic (exact) mass is 367 g/mol. The second-order valence-electron chi connectivity index (χ2n) is 10.6. The minimum atomic E-state index is 0.126. The van der Waals surface area contributed by atoms with Crippen LogP contribution < -0.4 is 0 Å². The maximum atomic E-state index is 9.62. The van der Waals surface area contributed by atoms with Crippen LogP contribution in [0.3, 0.4) is 0 Å². The molecule has 1 aromatic carbocycles. The van der Waals surface area contributed by atoms with Crippen molar-refractivity contribution in [1.29, 1.82) is 0 Å². The number of hydrogen-bond acceptors (Lipinski definition) is 2. The molecule has 0 saturated heterocycles. The molecule has 0 aromatic heterocycles. The summed E-state index contributed by atoms with van der Waals surface area (Å²) in [6, 6.07) is 9.25. The van der Waals surface area contributed by atoms with E-state index in [0.29, 0.717) is 17.3 Å². The van der Waals surface area contributed by atoms with Crippen LogP contribution in [0.15, 0.2) is 29.4 Å². The zero-order valence-electron chi connectivity index (χ0n) is 17.7. The fourth-order valence-electron chi connectivity index (χ4n) is 6.72. The summed E-state index contributed by atoms with van der Waals surface area (Å²) in [4.78, 5) is 0.